The zero-order chi connectivity index (χ0) is 13.1. The molecule has 0 aromatic carbocycles. The molecule has 0 spiro atoms. The van der Waals surface area contributed by atoms with Crippen molar-refractivity contribution in [1.82, 2.24) is 9.88 Å². The summed E-state index contributed by atoms with van der Waals surface area (Å²) < 4.78 is 10.1. The van der Waals surface area contributed by atoms with Gasteiger partial charge in [-0.15, -0.1) is 11.3 Å². The summed E-state index contributed by atoms with van der Waals surface area (Å²) in [6.45, 7) is 6.83. The second kappa shape index (κ2) is 5.77. The third-order valence-electron chi connectivity index (χ3n) is 3.05. The molecule has 0 amide bonds. The van der Waals surface area contributed by atoms with Crippen LogP contribution in [0.25, 0.3) is 0 Å². The Hall–Kier alpha value is -0.980. The predicted molar refractivity (Wildman–Crippen MR) is 68.6 cm³/mol. The number of carbonyl (C=O) groups excluding carboxylic acids is 1. The highest BCUT2D eigenvalue weighted by Crippen LogP contribution is 2.19. The number of rotatable bonds is 3. The molecular formula is C12H18N2O3S. The van der Waals surface area contributed by atoms with Crippen molar-refractivity contribution < 1.29 is 14.3 Å². The number of thiazole rings is 1. The Bertz CT molecular complexity index is 413. The number of esters is 1. The van der Waals surface area contributed by atoms with Crippen molar-refractivity contribution in [3.63, 3.8) is 0 Å². The summed E-state index contributed by atoms with van der Waals surface area (Å²) in [5.41, 5.74) is 1.09. The number of methoxy groups -OCH3 is 1. The van der Waals surface area contributed by atoms with Crippen molar-refractivity contribution in [2.75, 3.05) is 26.8 Å². The molecule has 2 heterocycles. The molecule has 0 bridgehead atoms. The molecule has 0 aliphatic carbocycles. The van der Waals surface area contributed by atoms with Gasteiger partial charge < -0.3 is 9.47 Å². The highest BCUT2D eigenvalue weighted by Gasteiger charge is 2.27. The van der Waals surface area contributed by atoms with E-state index in [9.17, 15) is 4.79 Å². The summed E-state index contributed by atoms with van der Waals surface area (Å²) in [6, 6.07) is 0. The van der Waals surface area contributed by atoms with E-state index < -0.39 is 6.10 Å². The summed E-state index contributed by atoms with van der Waals surface area (Å²) in [6.07, 6.45) is -0.467. The van der Waals surface area contributed by atoms with Crippen molar-refractivity contribution in [1.29, 1.82) is 0 Å². The van der Waals surface area contributed by atoms with Gasteiger partial charge in [-0.1, -0.05) is 0 Å². The lowest BCUT2D eigenvalue weighted by Gasteiger charge is -2.30. The van der Waals surface area contributed by atoms with Crippen molar-refractivity contribution in [3.05, 3.63) is 15.6 Å². The van der Waals surface area contributed by atoms with Crippen LogP contribution in [0, 0.1) is 13.8 Å². The fourth-order valence-electron chi connectivity index (χ4n) is 1.92. The van der Waals surface area contributed by atoms with Crippen LogP contribution in [-0.4, -0.2) is 48.8 Å². The first-order valence-corrected chi connectivity index (χ1v) is 6.76. The van der Waals surface area contributed by atoms with E-state index in [1.165, 1.54) is 12.0 Å². The fourth-order valence-corrected chi connectivity index (χ4v) is 2.89. The monoisotopic (exact) mass is 270 g/mol. The molecule has 1 aliphatic rings. The van der Waals surface area contributed by atoms with Crippen LogP contribution in [0.1, 0.15) is 15.6 Å². The second-order valence-electron chi connectivity index (χ2n) is 4.37. The van der Waals surface area contributed by atoms with Gasteiger partial charge in [0.25, 0.3) is 0 Å². The van der Waals surface area contributed by atoms with Gasteiger partial charge in [0.1, 0.15) is 5.01 Å². The molecule has 1 unspecified atom stereocenters. The standard InChI is InChI=1S/C12H18N2O3S/c1-8-9(2)18-11(13-8)7-14-4-5-17-10(6-14)12(15)16-3/h10H,4-7H2,1-3H3. The number of aromatic nitrogens is 1. The molecule has 5 nitrogen and oxygen atoms in total. The van der Waals surface area contributed by atoms with Crippen molar-refractivity contribution in [2.24, 2.45) is 0 Å². The zero-order valence-corrected chi connectivity index (χ0v) is 11.7. The smallest absolute Gasteiger partial charge is 0.336 e. The Morgan fingerprint density at radius 3 is 3.00 bits per heavy atom. The molecule has 0 N–H and O–H groups in total. The maximum atomic E-state index is 11.4. The summed E-state index contributed by atoms with van der Waals surface area (Å²) in [5.74, 6) is -0.300. The zero-order valence-electron chi connectivity index (χ0n) is 10.9. The molecule has 1 aromatic rings. The fraction of sp³-hybridized carbons (Fsp3) is 0.667. The average Bonchev–Trinajstić information content (AvgIpc) is 2.67. The first-order valence-electron chi connectivity index (χ1n) is 5.95. The van der Waals surface area contributed by atoms with E-state index in [2.05, 4.69) is 16.8 Å². The number of hydrogen-bond donors (Lipinski definition) is 0. The van der Waals surface area contributed by atoms with E-state index in [4.69, 9.17) is 9.47 Å². The lowest BCUT2D eigenvalue weighted by Crippen LogP contribution is -2.46. The number of hydrogen-bond acceptors (Lipinski definition) is 6. The molecule has 1 aromatic heterocycles. The first kappa shape index (κ1) is 13.5. The van der Waals surface area contributed by atoms with Crippen LogP contribution in [0.15, 0.2) is 0 Å². The van der Waals surface area contributed by atoms with Crippen LogP contribution >= 0.6 is 11.3 Å². The van der Waals surface area contributed by atoms with E-state index >= 15 is 0 Å². The summed E-state index contributed by atoms with van der Waals surface area (Å²) in [4.78, 5) is 19.4. The SMILES string of the molecule is COC(=O)C1CN(Cc2nc(C)c(C)s2)CCO1. The topological polar surface area (TPSA) is 51.7 Å². The third kappa shape index (κ3) is 3.07. The van der Waals surface area contributed by atoms with E-state index in [0.717, 1.165) is 23.8 Å². The van der Waals surface area contributed by atoms with E-state index in [1.54, 1.807) is 11.3 Å². The van der Waals surface area contributed by atoms with Crippen molar-refractivity contribution in [3.8, 4) is 0 Å². The molecule has 0 radical (unpaired) electrons. The van der Waals surface area contributed by atoms with E-state index in [0.29, 0.717) is 13.2 Å². The first-order chi connectivity index (χ1) is 8.60. The number of ether oxygens (including phenoxy) is 2. The maximum absolute atomic E-state index is 11.4. The van der Waals surface area contributed by atoms with Crippen LogP contribution in [-0.2, 0) is 20.8 Å². The molecule has 1 fully saturated rings. The van der Waals surface area contributed by atoms with Crippen LogP contribution in [0.2, 0.25) is 0 Å². The Labute approximate surface area is 111 Å². The molecule has 1 atom stereocenters. The molecule has 100 valence electrons. The minimum Gasteiger partial charge on any atom is -0.467 e. The van der Waals surface area contributed by atoms with Crippen LogP contribution < -0.4 is 0 Å². The lowest BCUT2D eigenvalue weighted by atomic mass is 10.2. The molecule has 2 rings (SSSR count). The average molecular weight is 270 g/mol. The van der Waals surface area contributed by atoms with Crippen molar-refractivity contribution in [2.45, 2.75) is 26.5 Å². The predicted octanol–water partition coefficient (Wildman–Crippen LogP) is 1.13. The largest absolute Gasteiger partial charge is 0.467 e. The Morgan fingerprint density at radius 2 is 2.39 bits per heavy atom. The molecule has 1 aliphatic heterocycles. The van der Waals surface area contributed by atoms with Gasteiger partial charge in [-0.05, 0) is 13.8 Å². The second-order valence-corrected chi connectivity index (χ2v) is 5.65. The number of nitrogens with zero attached hydrogens (tertiary/aromatic N) is 2. The van der Waals surface area contributed by atoms with E-state index in [1.807, 2.05) is 6.92 Å². The number of carbonyl (C=O) groups is 1. The van der Waals surface area contributed by atoms with Gasteiger partial charge in [-0.25, -0.2) is 9.78 Å². The Morgan fingerprint density at radius 1 is 1.61 bits per heavy atom. The minimum atomic E-state index is -0.467. The molecule has 0 saturated carbocycles. The van der Waals surface area contributed by atoms with Gasteiger partial charge in [-0.2, -0.15) is 0 Å². The molecule has 6 heteroatoms. The van der Waals surface area contributed by atoms with Gasteiger partial charge in [-0.3, -0.25) is 4.90 Å². The molecular weight excluding hydrogens is 252 g/mol. The maximum Gasteiger partial charge on any atom is 0.336 e. The minimum absolute atomic E-state index is 0.300. The Kier molecular flexibility index (Phi) is 4.31. The molecule has 18 heavy (non-hydrogen) atoms. The van der Waals surface area contributed by atoms with Gasteiger partial charge in [0.15, 0.2) is 6.10 Å². The van der Waals surface area contributed by atoms with Crippen molar-refractivity contribution >= 4 is 17.3 Å². The highest BCUT2D eigenvalue weighted by molar-refractivity contribution is 7.11. The summed E-state index contributed by atoms with van der Waals surface area (Å²) in [5, 5.41) is 1.09. The van der Waals surface area contributed by atoms with E-state index in [-0.39, 0.29) is 5.97 Å². The quantitative estimate of drug-likeness (QED) is 0.771. The Balaban J connectivity index is 1.95. The number of aryl methyl sites for hydroxylation is 2. The van der Waals surface area contributed by atoms with Gasteiger partial charge in [0.05, 0.1) is 26.0 Å². The highest BCUT2D eigenvalue weighted by atomic mass is 32.1. The van der Waals surface area contributed by atoms with Crippen LogP contribution in [0.5, 0.6) is 0 Å². The van der Waals surface area contributed by atoms with Crippen LogP contribution in [0.4, 0.5) is 0 Å². The normalized spacial score (nSPS) is 20.9. The summed E-state index contributed by atoms with van der Waals surface area (Å²) in [7, 11) is 1.39. The lowest BCUT2D eigenvalue weighted by molar-refractivity contribution is -0.160. The number of morpholine rings is 1. The van der Waals surface area contributed by atoms with Gasteiger partial charge in [0.2, 0.25) is 0 Å². The third-order valence-corrected chi connectivity index (χ3v) is 4.10. The van der Waals surface area contributed by atoms with Crippen LogP contribution in [0.3, 0.4) is 0 Å². The van der Waals surface area contributed by atoms with Gasteiger partial charge >= 0.3 is 5.97 Å². The molecule has 1 saturated heterocycles. The summed E-state index contributed by atoms with van der Waals surface area (Å²) >= 11 is 1.71. The van der Waals surface area contributed by atoms with Gasteiger partial charge in [0, 0.05) is 18.0 Å².